The molecule has 0 bridgehead atoms. The van der Waals surface area contributed by atoms with Crippen LogP contribution < -0.4 is 4.90 Å². The number of imide groups is 1. The maximum absolute atomic E-state index is 12.5. The first kappa shape index (κ1) is 20.0. The molecule has 0 aliphatic carbocycles. The normalized spacial score (nSPS) is 18.1. The van der Waals surface area contributed by atoms with Gasteiger partial charge in [-0.1, -0.05) is 13.3 Å². The number of hydrogen-bond acceptors (Lipinski definition) is 6. The van der Waals surface area contributed by atoms with Crippen molar-refractivity contribution in [1.29, 1.82) is 0 Å². The molecule has 0 radical (unpaired) electrons. The molecule has 1 N–H and O–H groups in total. The van der Waals surface area contributed by atoms with Gasteiger partial charge in [0, 0.05) is 6.42 Å². The van der Waals surface area contributed by atoms with Crippen LogP contribution in [0, 0.1) is 0 Å². The highest BCUT2D eigenvalue weighted by Crippen LogP contribution is 2.32. The monoisotopic (exact) mass is 379 g/mol. The van der Waals surface area contributed by atoms with Crippen LogP contribution in [0.4, 0.5) is 5.69 Å². The molecule has 1 heterocycles. The van der Waals surface area contributed by atoms with Gasteiger partial charge in [-0.3, -0.25) is 14.4 Å². The van der Waals surface area contributed by atoms with Gasteiger partial charge in [0.05, 0.1) is 23.1 Å². The first-order valence-electron chi connectivity index (χ1n) is 8.37. The molecule has 2 amide bonds. The Labute approximate surface area is 155 Å². The van der Waals surface area contributed by atoms with Crippen LogP contribution in [0.3, 0.4) is 0 Å². The number of aliphatic carboxylic acids is 1. The summed E-state index contributed by atoms with van der Waals surface area (Å²) in [6.07, 6.45) is 1.67. The molecule has 0 saturated carbocycles. The summed E-state index contributed by atoms with van der Waals surface area (Å²) in [4.78, 5) is 48.5. The molecule has 140 valence electrons. The van der Waals surface area contributed by atoms with Crippen LogP contribution in [0.2, 0.25) is 0 Å². The van der Waals surface area contributed by atoms with Crippen molar-refractivity contribution in [3.63, 3.8) is 0 Å². The van der Waals surface area contributed by atoms with Gasteiger partial charge < -0.3 is 9.84 Å². The second-order valence-electron chi connectivity index (χ2n) is 5.91. The molecule has 26 heavy (non-hydrogen) atoms. The Bertz CT molecular complexity index is 702. The molecule has 2 unspecified atom stereocenters. The van der Waals surface area contributed by atoms with Crippen LogP contribution in [0.25, 0.3) is 0 Å². The first-order valence-corrected chi connectivity index (χ1v) is 9.31. The van der Waals surface area contributed by atoms with E-state index in [1.165, 1.54) is 31.2 Å². The number of carbonyl (C=O) groups is 4. The largest absolute Gasteiger partial charge is 0.480 e. The van der Waals surface area contributed by atoms with E-state index in [0.29, 0.717) is 17.9 Å². The zero-order valence-electron chi connectivity index (χ0n) is 14.6. The summed E-state index contributed by atoms with van der Waals surface area (Å²) < 4.78 is 5.11. The van der Waals surface area contributed by atoms with Crippen LogP contribution in [-0.2, 0) is 19.1 Å². The SMILES string of the molecule is CCCCOC(=O)c1ccc(N2C(=O)CC(SC(C)C(=O)O)C2=O)cc1. The molecule has 2 atom stereocenters. The van der Waals surface area contributed by atoms with E-state index in [1.54, 1.807) is 0 Å². The number of thioether (sulfide) groups is 1. The molecule has 1 saturated heterocycles. The highest BCUT2D eigenvalue weighted by atomic mass is 32.2. The molecule has 0 aromatic heterocycles. The van der Waals surface area contributed by atoms with Crippen molar-refractivity contribution in [1.82, 2.24) is 0 Å². The number of benzene rings is 1. The van der Waals surface area contributed by atoms with E-state index in [0.717, 1.165) is 29.5 Å². The molecule has 2 rings (SSSR count). The van der Waals surface area contributed by atoms with E-state index in [-0.39, 0.29) is 12.3 Å². The van der Waals surface area contributed by atoms with Crippen LogP contribution in [0.5, 0.6) is 0 Å². The lowest BCUT2D eigenvalue weighted by Crippen LogP contribution is -2.32. The Hall–Kier alpha value is -2.35. The minimum Gasteiger partial charge on any atom is -0.480 e. The van der Waals surface area contributed by atoms with E-state index in [1.807, 2.05) is 6.92 Å². The van der Waals surface area contributed by atoms with Crippen LogP contribution in [0.1, 0.15) is 43.5 Å². The number of carboxylic acid groups (broad SMARTS) is 1. The number of hydrogen-bond donors (Lipinski definition) is 1. The van der Waals surface area contributed by atoms with E-state index < -0.39 is 28.3 Å². The molecule has 7 nitrogen and oxygen atoms in total. The fourth-order valence-electron chi connectivity index (χ4n) is 2.43. The van der Waals surface area contributed by atoms with Crippen molar-refractivity contribution in [2.45, 2.75) is 43.6 Å². The lowest BCUT2D eigenvalue weighted by molar-refractivity contribution is -0.136. The van der Waals surface area contributed by atoms with Gasteiger partial charge in [-0.05, 0) is 37.6 Å². The number of carbonyl (C=O) groups excluding carboxylic acids is 3. The van der Waals surface area contributed by atoms with Crippen molar-refractivity contribution >= 4 is 41.2 Å². The summed E-state index contributed by atoms with van der Waals surface area (Å²) in [6, 6.07) is 6.04. The minimum absolute atomic E-state index is 0.0398. The molecule has 1 aliphatic rings. The standard InChI is InChI=1S/C18H21NO6S/c1-3-4-9-25-18(24)12-5-7-13(8-6-12)19-15(20)10-14(16(19)21)26-11(2)17(22)23/h5-8,11,14H,3-4,9-10H2,1-2H3,(H,22,23). The highest BCUT2D eigenvalue weighted by Gasteiger charge is 2.41. The van der Waals surface area contributed by atoms with E-state index in [2.05, 4.69) is 0 Å². The summed E-state index contributed by atoms with van der Waals surface area (Å²) in [5.41, 5.74) is 0.700. The molecule has 8 heteroatoms. The van der Waals surface area contributed by atoms with Crippen LogP contribution in [-0.4, -0.2) is 46.0 Å². The quantitative estimate of drug-likeness (QED) is 0.421. The average molecular weight is 379 g/mol. The molecule has 0 spiro atoms. The Morgan fingerprint density at radius 3 is 2.54 bits per heavy atom. The van der Waals surface area contributed by atoms with E-state index >= 15 is 0 Å². The van der Waals surface area contributed by atoms with Crippen molar-refractivity contribution in [2.75, 3.05) is 11.5 Å². The summed E-state index contributed by atoms with van der Waals surface area (Å²) in [7, 11) is 0. The maximum atomic E-state index is 12.5. The van der Waals surface area contributed by atoms with Crippen molar-refractivity contribution in [2.24, 2.45) is 0 Å². The number of anilines is 1. The van der Waals surface area contributed by atoms with Crippen molar-refractivity contribution < 1.29 is 29.0 Å². The third-order valence-electron chi connectivity index (χ3n) is 3.91. The van der Waals surface area contributed by atoms with Crippen LogP contribution >= 0.6 is 11.8 Å². The number of amides is 2. The van der Waals surface area contributed by atoms with E-state index in [9.17, 15) is 19.2 Å². The van der Waals surface area contributed by atoms with Gasteiger partial charge in [0.2, 0.25) is 11.8 Å². The van der Waals surface area contributed by atoms with Gasteiger partial charge in [0.25, 0.3) is 0 Å². The second kappa shape index (κ2) is 8.84. The summed E-state index contributed by atoms with van der Waals surface area (Å²) in [5.74, 6) is -2.30. The van der Waals surface area contributed by atoms with Gasteiger partial charge in [-0.25, -0.2) is 9.69 Å². The van der Waals surface area contributed by atoms with Gasteiger partial charge in [-0.2, -0.15) is 0 Å². The molecule has 1 fully saturated rings. The summed E-state index contributed by atoms with van der Waals surface area (Å²) in [5, 5.41) is 7.47. The minimum atomic E-state index is -1.03. The molecule has 1 aromatic carbocycles. The lowest BCUT2D eigenvalue weighted by atomic mass is 10.2. The second-order valence-corrected chi connectivity index (χ2v) is 7.46. The van der Waals surface area contributed by atoms with Crippen LogP contribution in [0.15, 0.2) is 24.3 Å². The summed E-state index contributed by atoms with van der Waals surface area (Å²) in [6.45, 7) is 3.82. The smallest absolute Gasteiger partial charge is 0.338 e. The fraction of sp³-hybridized carbons (Fsp3) is 0.444. The third-order valence-corrected chi connectivity index (χ3v) is 5.22. The number of ether oxygens (including phenoxy) is 1. The van der Waals surface area contributed by atoms with Gasteiger partial charge in [0.1, 0.15) is 5.25 Å². The van der Waals surface area contributed by atoms with E-state index in [4.69, 9.17) is 9.84 Å². The highest BCUT2D eigenvalue weighted by molar-refractivity contribution is 8.01. The number of nitrogens with zero attached hydrogens (tertiary/aromatic N) is 1. The number of rotatable bonds is 8. The Morgan fingerprint density at radius 2 is 1.96 bits per heavy atom. The Morgan fingerprint density at radius 1 is 1.31 bits per heavy atom. The number of carboxylic acids is 1. The van der Waals surface area contributed by atoms with Gasteiger partial charge >= 0.3 is 11.9 Å². The number of esters is 1. The van der Waals surface area contributed by atoms with Crippen molar-refractivity contribution in [3.05, 3.63) is 29.8 Å². The summed E-state index contributed by atoms with van der Waals surface area (Å²) >= 11 is 0.959. The molecular formula is C18H21NO6S. The van der Waals surface area contributed by atoms with Crippen molar-refractivity contribution in [3.8, 4) is 0 Å². The Kier molecular flexibility index (Phi) is 6.79. The maximum Gasteiger partial charge on any atom is 0.338 e. The van der Waals surface area contributed by atoms with Gasteiger partial charge in [-0.15, -0.1) is 11.8 Å². The lowest BCUT2D eigenvalue weighted by Gasteiger charge is -2.16. The number of unbranched alkanes of at least 4 members (excludes halogenated alkanes) is 1. The predicted molar refractivity (Wildman–Crippen MR) is 97.2 cm³/mol. The topological polar surface area (TPSA) is 101 Å². The molecule has 1 aliphatic heterocycles. The Balaban J connectivity index is 2.06. The molecule has 1 aromatic rings. The zero-order chi connectivity index (χ0) is 19.3. The average Bonchev–Trinajstić information content (AvgIpc) is 2.88. The fourth-order valence-corrected chi connectivity index (χ4v) is 3.50. The first-order chi connectivity index (χ1) is 12.3. The van der Waals surface area contributed by atoms with Gasteiger partial charge in [0.15, 0.2) is 0 Å². The zero-order valence-corrected chi connectivity index (χ0v) is 15.5. The predicted octanol–water partition coefficient (Wildman–Crippen LogP) is 2.48. The molecular weight excluding hydrogens is 358 g/mol. The third kappa shape index (κ3) is 4.63.